The van der Waals surface area contributed by atoms with E-state index in [1.165, 1.54) is 17.0 Å². The van der Waals surface area contributed by atoms with Crippen LogP contribution in [0.5, 0.6) is 0 Å². The lowest BCUT2D eigenvalue weighted by atomic mass is 10.1. The molecule has 8 nitrogen and oxygen atoms in total. The summed E-state index contributed by atoms with van der Waals surface area (Å²) in [5.41, 5.74) is 1.11. The van der Waals surface area contributed by atoms with Crippen molar-refractivity contribution in [3.8, 4) is 0 Å². The molecule has 2 aliphatic rings. The number of thiocarbonyl (C=S) groups is 1. The maximum absolute atomic E-state index is 13.1. The molecule has 2 saturated heterocycles. The lowest BCUT2D eigenvalue weighted by molar-refractivity contribution is -0.384. The number of hydrogen-bond acceptors (Lipinski definition) is 6. The minimum absolute atomic E-state index is 0.0511. The van der Waals surface area contributed by atoms with E-state index >= 15 is 0 Å². The first-order valence-electron chi connectivity index (χ1n) is 9.55. The smallest absolute Gasteiger partial charge is 0.293 e. The van der Waals surface area contributed by atoms with Gasteiger partial charge >= 0.3 is 0 Å². The molecule has 0 atom stereocenters. The molecular formula is C21H17ClN4O4S. The van der Waals surface area contributed by atoms with Crippen molar-refractivity contribution in [2.45, 2.75) is 12.8 Å². The maximum Gasteiger partial charge on any atom is 0.293 e. The van der Waals surface area contributed by atoms with E-state index in [0.29, 0.717) is 22.0 Å². The summed E-state index contributed by atoms with van der Waals surface area (Å²) >= 11 is 11.1. The zero-order chi connectivity index (χ0) is 22.1. The monoisotopic (exact) mass is 456 g/mol. The normalized spacial score (nSPS) is 18.0. The van der Waals surface area contributed by atoms with E-state index in [9.17, 15) is 19.7 Å². The number of carbonyl (C=O) groups is 2. The molecule has 0 aromatic heterocycles. The van der Waals surface area contributed by atoms with Crippen LogP contribution in [0.1, 0.15) is 18.4 Å². The number of anilines is 2. The fourth-order valence-corrected chi connectivity index (χ4v) is 4.06. The predicted molar refractivity (Wildman–Crippen MR) is 122 cm³/mol. The van der Waals surface area contributed by atoms with E-state index < -0.39 is 16.7 Å². The van der Waals surface area contributed by atoms with E-state index in [0.717, 1.165) is 25.9 Å². The van der Waals surface area contributed by atoms with Gasteiger partial charge in [-0.05, 0) is 67.0 Å². The first-order valence-corrected chi connectivity index (χ1v) is 10.3. The number of nitro benzene ring substituents is 1. The van der Waals surface area contributed by atoms with Crippen molar-refractivity contribution < 1.29 is 14.5 Å². The molecule has 0 unspecified atom stereocenters. The number of hydrogen-bond donors (Lipinski definition) is 1. The summed E-state index contributed by atoms with van der Waals surface area (Å²) in [6, 6.07) is 11.1. The van der Waals surface area contributed by atoms with Crippen molar-refractivity contribution in [1.82, 2.24) is 5.32 Å². The standard InChI is InChI=1S/C21H17ClN4O4S/c22-14-4-6-15(7-5-14)25-20(28)16(19(27)23-21(25)31)11-13-3-8-17(18(12-13)26(29)30)24-9-1-2-10-24/h3-8,11-12H,1-2,9-10H2,(H,23,27,31)/b16-11+. The van der Waals surface area contributed by atoms with Crippen molar-refractivity contribution in [2.75, 3.05) is 22.9 Å². The van der Waals surface area contributed by atoms with Gasteiger partial charge in [-0.1, -0.05) is 17.7 Å². The molecule has 2 aromatic carbocycles. The summed E-state index contributed by atoms with van der Waals surface area (Å²) in [7, 11) is 0. The van der Waals surface area contributed by atoms with Crippen LogP contribution in [0.4, 0.5) is 17.1 Å². The minimum Gasteiger partial charge on any atom is -0.366 e. The summed E-state index contributed by atoms with van der Waals surface area (Å²) in [4.78, 5) is 39.9. The molecule has 0 spiro atoms. The van der Waals surface area contributed by atoms with Gasteiger partial charge < -0.3 is 4.90 Å². The van der Waals surface area contributed by atoms with Crippen LogP contribution in [0, 0.1) is 10.1 Å². The van der Waals surface area contributed by atoms with Crippen LogP contribution in [0.25, 0.3) is 6.08 Å². The lowest BCUT2D eigenvalue weighted by Crippen LogP contribution is -2.54. The third kappa shape index (κ3) is 4.14. The third-order valence-corrected chi connectivity index (χ3v) is 5.68. The second-order valence-corrected chi connectivity index (χ2v) is 7.96. The Morgan fingerprint density at radius 2 is 1.77 bits per heavy atom. The van der Waals surface area contributed by atoms with Gasteiger partial charge in [0.1, 0.15) is 11.3 Å². The first-order chi connectivity index (χ1) is 14.8. The van der Waals surface area contributed by atoms with E-state index in [1.54, 1.807) is 36.4 Å². The molecule has 31 heavy (non-hydrogen) atoms. The van der Waals surface area contributed by atoms with E-state index in [1.807, 2.05) is 4.90 Å². The number of nitrogens with zero attached hydrogens (tertiary/aromatic N) is 3. The van der Waals surface area contributed by atoms with Gasteiger partial charge in [0.05, 0.1) is 10.6 Å². The summed E-state index contributed by atoms with van der Waals surface area (Å²) in [5.74, 6) is -1.28. The van der Waals surface area contributed by atoms with Crippen molar-refractivity contribution in [3.63, 3.8) is 0 Å². The van der Waals surface area contributed by atoms with Gasteiger partial charge in [-0.15, -0.1) is 0 Å². The molecule has 2 aromatic rings. The van der Waals surface area contributed by atoms with Crippen LogP contribution in [-0.2, 0) is 9.59 Å². The highest BCUT2D eigenvalue weighted by Crippen LogP contribution is 2.32. The molecule has 2 aliphatic heterocycles. The number of benzene rings is 2. The molecule has 2 amide bonds. The SMILES string of the molecule is O=C1NC(=S)N(c2ccc(Cl)cc2)C(=O)/C1=C/c1ccc(N2CCCC2)c([N+](=O)[O-])c1. The topological polar surface area (TPSA) is 95.8 Å². The second-order valence-electron chi connectivity index (χ2n) is 7.13. The molecule has 1 N–H and O–H groups in total. The summed E-state index contributed by atoms with van der Waals surface area (Å²) in [6.45, 7) is 1.52. The molecule has 0 aliphatic carbocycles. The fraction of sp³-hybridized carbons (Fsp3) is 0.190. The Bertz CT molecular complexity index is 1130. The molecule has 4 rings (SSSR count). The van der Waals surface area contributed by atoms with Crippen LogP contribution >= 0.6 is 23.8 Å². The molecular weight excluding hydrogens is 440 g/mol. The van der Waals surface area contributed by atoms with E-state index in [-0.39, 0.29) is 16.4 Å². The summed E-state index contributed by atoms with van der Waals surface area (Å²) in [5, 5.41) is 14.6. The number of carbonyl (C=O) groups excluding carboxylic acids is 2. The Morgan fingerprint density at radius 3 is 2.42 bits per heavy atom. The van der Waals surface area contributed by atoms with Gasteiger partial charge in [-0.25, -0.2) is 0 Å². The molecule has 0 saturated carbocycles. The highest BCUT2D eigenvalue weighted by molar-refractivity contribution is 7.80. The zero-order valence-corrected chi connectivity index (χ0v) is 17.8. The van der Waals surface area contributed by atoms with Gasteiger partial charge in [0, 0.05) is 24.2 Å². The number of rotatable bonds is 4. The maximum atomic E-state index is 13.1. The quantitative estimate of drug-likeness (QED) is 0.248. The molecule has 158 valence electrons. The van der Waals surface area contributed by atoms with Gasteiger partial charge in [0.2, 0.25) is 0 Å². The van der Waals surface area contributed by atoms with E-state index in [2.05, 4.69) is 5.32 Å². The Kier molecular flexibility index (Phi) is 5.71. The minimum atomic E-state index is -0.661. The Hall–Kier alpha value is -3.30. The van der Waals surface area contributed by atoms with Crippen LogP contribution in [0.3, 0.4) is 0 Å². The fourth-order valence-electron chi connectivity index (χ4n) is 3.65. The predicted octanol–water partition coefficient (Wildman–Crippen LogP) is 3.68. The van der Waals surface area contributed by atoms with Gasteiger partial charge in [-0.3, -0.25) is 29.9 Å². The highest BCUT2D eigenvalue weighted by atomic mass is 35.5. The first kappa shape index (κ1) is 21.0. The number of nitrogens with one attached hydrogen (secondary N) is 1. The Labute approximate surface area is 188 Å². The van der Waals surface area contributed by atoms with Crippen molar-refractivity contribution in [2.24, 2.45) is 0 Å². The summed E-state index contributed by atoms with van der Waals surface area (Å²) < 4.78 is 0. The lowest BCUT2D eigenvalue weighted by Gasteiger charge is -2.29. The van der Waals surface area contributed by atoms with Crippen molar-refractivity contribution in [1.29, 1.82) is 0 Å². The van der Waals surface area contributed by atoms with Gasteiger partial charge in [0.25, 0.3) is 17.5 Å². The van der Waals surface area contributed by atoms with Crippen LogP contribution in [-0.4, -0.2) is 34.9 Å². The third-order valence-electron chi connectivity index (χ3n) is 5.14. The van der Waals surface area contributed by atoms with Gasteiger partial charge in [0.15, 0.2) is 5.11 Å². The van der Waals surface area contributed by atoms with E-state index in [4.69, 9.17) is 23.8 Å². The Balaban J connectivity index is 1.71. The molecule has 0 bridgehead atoms. The zero-order valence-electron chi connectivity index (χ0n) is 16.2. The number of halogens is 1. The van der Waals surface area contributed by atoms with Gasteiger partial charge in [-0.2, -0.15) is 0 Å². The number of nitro groups is 1. The van der Waals surface area contributed by atoms with Crippen LogP contribution in [0.15, 0.2) is 48.0 Å². The largest absolute Gasteiger partial charge is 0.366 e. The molecule has 10 heteroatoms. The second kappa shape index (κ2) is 8.44. The molecule has 0 radical (unpaired) electrons. The average Bonchev–Trinajstić information content (AvgIpc) is 3.27. The highest BCUT2D eigenvalue weighted by Gasteiger charge is 2.34. The van der Waals surface area contributed by atoms with Crippen molar-refractivity contribution >= 4 is 63.9 Å². The number of amides is 2. The van der Waals surface area contributed by atoms with Crippen LogP contribution < -0.4 is 15.1 Å². The summed E-state index contributed by atoms with van der Waals surface area (Å²) in [6.07, 6.45) is 3.30. The molecule has 2 fully saturated rings. The Morgan fingerprint density at radius 1 is 1.10 bits per heavy atom. The van der Waals surface area contributed by atoms with Crippen LogP contribution in [0.2, 0.25) is 5.02 Å². The average molecular weight is 457 g/mol. The van der Waals surface area contributed by atoms with Crippen molar-refractivity contribution in [3.05, 3.63) is 68.7 Å². The molecule has 2 heterocycles.